The molecular weight excluding hydrogens is 466 g/mol. The van der Waals surface area contributed by atoms with E-state index in [-0.39, 0.29) is 5.91 Å². The molecule has 0 saturated carbocycles. The van der Waals surface area contributed by atoms with Crippen molar-refractivity contribution in [1.29, 1.82) is 0 Å². The van der Waals surface area contributed by atoms with E-state index in [1.54, 1.807) is 26.5 Å². The summed E-state index contributed by atoms with van der Waals surface area (Å²) in [5.41, 5.74) is 8.25. The summed E-state index contributed by atoms with van der Waals surface area (Å²) in [6.07, 6.45) is 7.65. The molecule has 0 aliphatic carbocycles. The molecule has 182 valence electrons. The van der Waals surface area contributed by atoms with Crippen LogP contribution in [0.3, 0.4) is 0 Å². The summed E-state index contributed by atoms with van der Waals surface area (Å²) in [4.78, 5) is 32.5. The van der Waals surface area contributed by atoms with Gasteiger partial charge in [-0.15, -0.1) is 0 Å². The van der Waals surface area contributed by atoms with Gasteiger partial charge in [0.1, 0.15) is 18.3 Å². The second-order valence-electron chi connectivity index (χ2n) is 8.54. The Labute approximate surface area is 206 Å². The van der Waals surface area contributed by atoms with Gasteiger partial charge in [0, 0.05) is 31.5 Å². The van der Waals surface area contributed by atoms with Crippen molar-refractivity contribution in [2.75, 3.05) is 25.9 Å². The molecule has 2 N–H and O–H groups in total. The Hall–Kier alpha value is -3.60. The zero-order chi connectivity index (χ0) is 24.4. The standard InChI is InChI=1S/C24H27N7O3S/c1-15(32)30-9-3-4-16(13-30)7-10-31-22-20(21(25)27-14-28-22)29-24(31)35-19-12-17(33-2)5-6-18(19)23-26-8-11-34-23/h5-6,8,11-12,14,16H,3-4,7,9-10,13H2,1-2H3,(H2,25,27,28). The predicted molar refractivity (Wildman–Crippen MR) is 132 cm³/mol. The molecule has 1 unspecified atom stereocenters. The Morgan fingerprint density at radius 1 is 1.31 bits per heavy atom. The van der Waals surface area contributed by atoms with Gasteiger partial charge in [-0.05, 0) is 43.4 Å². The first kappa shape index (κ1) is 23.2. The van der Waals surface area contributed by atoms with Gasteiger partial charge in [-0.3, -0.25) is 4.79 Å². The monoisotopic (exact) mass is 493 g/mol. The average Bonchev–Trinajstić information content (AvgIpc) is 3.52. The largest absolute Gasteiger partial charge is 0.497 e. The Morgan fingerprint density at radius 2 is 2.20 bits per heavy atom. The van der Waals surface area contributed by atoms with Crippen molar-refractivity contribution in [1.82, 2.24) is 29.4 Å². The SMILES string of the molecule is COc1ccc(-c2ncco2)c(Sc2nc3c(N)ncnc3n2CCC2CCCN(C(C)=O)C2)c1. The van der Waals surface area contributed by atoms with E-state index in [1.165, 1.54) is 18.1 Å². The summed E-state index contributed by atoms with van der Waals surface area (Å²) in [7, 11) is 1.63. The Bertz CT molecular complexity index is 1340. The summed E-state index contributed by atoms with van der Waals surface area (Å²) in [6.45, 7) is 3.96. The number of likely N-dealkylation sites (tertiary alicyclic amines) is 1. The number of amides is 1. The number of carbonyl (C=O) groups excluding carboxylic acids is 1. The third kappa shape index (κ3) is 4.81. The maximum absolute atomic E-state index is 11.9. The first-order valence-electron chi connectivity index (χ1n) is 11.5. The van der Waals surface area contributed by atoms with E-state index in [0.29, 0.717) is 35.3 Å². The number of rotatable bonds is 7. The number of piperidine rings is 1. The van der Waals surface area contributed by atoms with Crippen LogP contribution in [0.4, 0.5) is 5.82 Å². The van der Waals surface area contributed by atoms with Gasteiger partial charge in [-0.25, -0.2) is 19.9 Å². The number of anilines is 1. The van der Waals surface area contributed by atoms with Crippen molar-refractivity contribution in [3.8, 4) is 17.2 Å². The maximum atomic E-state index is 11.9. The number of oxazole rings is 1. The number of benzene rings is 1. The van der Waals surface area contributed by atoms with Gasteiger partial charge >= 0.3 is 0 Å². The lowest BCUT2D eigenvalue weighted by Gasteiger charge is -2.32. The van der Waals surface area contributed by atoms with Crippen molar-refractivity contribution in [2.24, 2.45) is 5.92 Å². The molecular formula is C24H27N7O3S. The summed E-state index contributed by atoms with van der Waals surface area (Å²) in [5, 5.41) is 0.743. The molecule has 1 aromatic carbocycles. The van der Waals surface area contributed by atoms with Crippen LogP contribution in [-0.4, -0.2) is 55.5 Å². The number of hydrogen-bond acceptors (Lipinski definition) is 9. The van der Waals surface area contributed by atoms with Gasteiger partial charge < -0.3 is 24.4 Å². The van der Waals surface area contributed by atoms with Gasteiger partial charge in [-0.2, -0.15) is 0 Å². The molecule has 1 amide bonds. The molecule has 0 bridgehead atoms. The minimum Gasteiger partial charge on any atom is -0.497 e. The highest BCUT2D eigenvalue weighted by Gasteiger charge is 2.24. The number of aryl methyl sites for hydroxylation is 1. The van der Waals surface area contributed by atoms with Crippen molar-refractivity contribution < 1.29 is 13.9 Å². The molecule has 0 radical (unpaired) electrons. The third-order valence-electron chi connectivity index (χ3n) is 6.30. The topological polar surface area (TPSA) is 125 Å². The summed E-state index contributed by atoms with van der Waals surface area (Å²) >= 11 is 1.48. The van der Waals surface area contributed by atoms with Gasteiger partial charge in [0.15, 0.2) is 22.1 Å². The van der Waals surface area contributed by atoms with E-state index >= 15 is 0 Å². The summed E-state index contributed by atoms with van der Waals surface area (Å²) < 4.78 is 13.1. The van der Waals surface area contributed by atoms with Crippen LogP contribution in [0.15, 0.2) is 51.5 Å². The van der Waals surface area contributed by atoms with Crippen LogP contribution in [0.1, 0.15) is 26.2 Å². The number of nitrogen functional groups attached to an aromatic ring is 1. The number of ether oxygens (including phenoxy) is 1. The quantitative estimate of drug-likeness (QED) is 0.408. The third-order valence-corrected chi connectivity index (χ3v) is 7.36. The fraction of sp³-hybridized carbons (Fsp3) is 0.375. The zero-order valence-corrected chi connectivity index (χ0v) is 20.5. The number of methoxy groups -OCH3 is 1. The molecule has 0 spiro atoms. The highest BCUT2D eigenvalue weighted by Crippen LogP contribution is 2.39. The lowest BCUT2D eigenvalue weighted by molar-refractivity contribution is -0.130. The van der Waals surface area contributed by atoms with Gasteiger partial charge in [0.25, 0.3) is 0 Å². The summed E-state index contributed by atoms with van der Waals surface area (Å²) in [6, 6.07) is 5.74. The van der Waals surface area contributed by atoms with Crippen LogP contribution < -0.4 is 10.5 Å². The van der Waals surface area contributed by atoms with Crippen LogP contribution in [-0.2, 0) is 11.3 Å². The molecule has 5 rings (SSSR count). The number of imidazole rings is 1. The van der Waals surface area contributed by atoms with Gasteiger partial charge in [-0.1, -0.05) is 11.8 Å². The molecule has 11 heteroatoms. The van der Waals surface area contributed by atoms with E-state index in [9.17, 15) is 4.79 Å². The predicted octanol–water partition coefficient (Wildman–Crippen LogP) is 3.87. The highest BCUT2D eigenvalue weighted by molar-refractivity contribution is 7.99. The molecule has 1 fully saturated rings. The van der Waals surface area contributed by atoms with Crippen LogP contribution in [0.2, 0.25) is 0 Å². The van der Waals surface area contributed by atoms with E-state index in [4.69, 9.17) is 19.9 Å². The fourth-order valence-corrected chi connectivity index (χ4v) is 5.52. The highest BCUT2D eigenvalue weighted by atomic mass is 32.2. The number of fused-ring (bicyclic) bond motifs is 1. The number of nitrogens with zero attached hydrogens (tertiary/aromatic N) is 6. The van der Waals surface area contributed by atoms with E-state index in [1.807, 2.05) is 23.1 Å². The molecule has 4 aromatic rings. The minimum absolute atomic E-state index is 0.136. The Kier molecular flexibility index (Phi) is 6.58. The van der Waals surface area contributed by atoms with Gasteiger partial charge in [0.2, 0.25) is 11.8 Å². The van der Waals surface area contributed by atoms with Gasteiger partial charge in [0.05, 0.1) is 18.9 Å². The second kappa shape index (κ2) is 9.95. The molecule has 10 nitrogen and oxygen atoms in total. The first-order valence-corrected chi connectivity index (χ1v) is 12.3. The van der Waals surface area contributed by atoms with E-state index in [2.05, 4.69) is 19.5 Å². The van der Waals surface area contributed by atoms with Crippen LogP contribution >= 0.6 is 11.8 Å². The number of carbonyl (C=O) groups is 1. The van der Waals surface area contributed by atoms with Crippen molar-refractivity contribution in [3.63, 3.8) is 0 Å². The van der Waals surface area contributed by atoms with Crippen LogP contribution in [0.25, 0.3) is 22.6 Å². The molecule has 1 aliphatic rings. The number of hydrogen-bond donors (Lipinski definition) is 1. The van der Waals surface area contributed by atoms with Crippen molar-refractivity contribution in [3.05, 3.63) is 37.0 Å². The molecule has 1 aliphatic heterocycles. The van der Waals surface area contributed by atoms with E-state index < -0.39 is 0 Å². The van der Waals surface area contributed by atoms with Crippen LogP contribution in [0.5, 0.6) is 5.75 Å². The molecule has 3 aromatic heterocycles. The molecule has 1 saturated heterocycles. The minimum atomic E-state index is 0.136. The van der Waals surface area contributed by atoms with Crippen molar-refractivity contribution in [2.45, 2.75) is 42.8 Å². The Balaban J connectivity index is 1.49. The smallest absolute Gasteiger partial charge is 0.227 e. The zero-order valence-electron chi connectivity index (χ0n) is 19.7. The number of aromatic nitrogens is 5. The lowest BCUT2D eigenvalue weighted by atomic mass is 9.95. The number of nitrogens with two attached hydrogens (primary N) is 1. The Morgan fingerprint density at radius 3 is 2.97 bits per heavy atom. The molecule has 35 heavy (non-hydrogen) atoms. The van der Waals surface area contributed by atoms with Crippen LogP contribution in [0, 0.1) is 5.92 Å². The summed E-state index contributed by atoms with van der Waals surface area (Å²) in [5.74, 6) is 2.13. The van der Waals surface area contributed by atoms with E-state index in [0.717, 1.165) is 53.7 Å². The lowest BCUT2D eigenvalue weighted by Crippen LogP contribution is -2.38. The maximum Gasteiger partial charge on any atom is 0.227 e. The molecule has 4 heterocycles. The normalized spacial score (nSPS) is 16.1. The fourth-order valence-electron chi connectivity index (χ4n) is 4.46. The second-order valence-corrected chi connectivity index (χ2v) is 9.55. The average molecular weight is 494 g/mol. The van der Waals surface area contributed by atoms with Crippen molar-refractivity contribution >= 4 is 34.7 Å². The first-order chi connectivity index (χ1) is 17.0. The molecule has 1 atom stereocenters.